The summed E-state index contributed by atoms with van der Waals surface area (Å²) in [4.78, 5) is 32.1. The molecular weight excluding hydrogens is 470 g/mol. The maximum absolute atomic E-state index is 11.9. The molecule has 1 saturated carbocycles. The van der Waals surface area contributed by atoms with E-state index in [2.05, 4.69) is 25.9 Å². The molecule has 10 heteroatoms. The number of halogens is 1. The molecule has 0 spiro atoms. The number of hydrogen-bond donors (Lipinski definition) is 4. The van der Waals surface area contributed by atoms with E-state index in [1.807, 2.05) is 45.0 Å². The van der Waals surface area contributed by atoms with Gasteiger partial charge < -0.3 is 25.8 Å². The van der Waals surface area contributed by atoms with Crippen molar-refractivity contribution in [3.8, 4) is 0 Å². The van der Waals surface area contributed by atoms with E-state index < -0.39 is 11.6 Å². The topological polar surface area (TPSA) is 125 Å². The first-order valence-electron chi connectivity index (χ1n) is 11.9. The van der Waals surface area contributed by atoms with Gasteiger partial charge in [-0.1, -0.05) is 29.8 Å². The van der Waals surface area contributed by atoms with E-state index in [1.54, 1.807) is 0 Å². The molecule has 1 aliphatic rings. The molecule has 4 N–H and O–H groups in total. The molecule has 1 amide bonds. The van der Waals surface area contributed by atoms with E-state index in [-0.39, 0.29) is 11.7 Å². The largest absolute Gasteiger partial charge is 0.477 e. The Morgan fingerprint density at radius 3 is 2.37 bits per heavy atom. The van der Waals surface area contributed by atoms with Gasteiger partial charge in [0.05, 0.1) is 0 Å². The van der Waals surface area contributed by atoms with Gasteiger partial charge in [0, 0.05) is 30.9 Å². The van der Waals surface area contributed by atoms with Crippen molar-refractivity contribution >= 4 is 35.4 Å². The highest BCUT2D eigenvalue weighted by Gasteiger charge is 2.24. The van der Waals surface area contributed by atoms with Crippen LogP contribution in [0.15, 0.2) is 30.5 Å². The van der Waals surface area contributed by atoms with Crippen LogP contribution in [0.5, 0.6) is 0 Å². The van der Waals surface area contributed by atoms with Gasteiger partial charge in [0.25, 0.3) is 0 Å². The number of carboxylic acids is 1. The zero-order valence-electron chi connectivity index (χ0n) is 20.4. The molecule has 1 heterocycles. The van der Waals surface area contributed by atoms with Gasteiger partial charge in [-0.2, -0.15) is 4.98 Å². The number of carbonyl (C=O) groups excluding carboxylic acids is 1. The molecule has 1 aliphatic carbocycles. The summed E-state index contributed by atoms with van der Waals surface area (Å²) in [6.07, 6.45) is 4.87. The number of hydrogen-bond acceptors (Lipinski definition) is 7. The predicted octanol–water partition coefficient (Wildman–Crippen LogP) is 5.18. The van der Waals surface area contributed by atoms with Gasteiger partial charge in [0.1, 0.15) is 17.0 Å². The molecule has 190 valence electrons. The molecule has 2 aromatic rings. The Morgan fingerprint density at radius 1 is 1.09 bits per heavy atom. The van der Waals surface area contributed by atoms with E-state index in [9.17, 15) is 14.7 Å². The fourth-order valence-corrected chi connectivity index (χ4v) is 4.20. The summed E-state index contributed by atoms with van der Waals surface area (Å²) in [6, 6.07) is 7.46. The van der Waals surface area contributed by atoms with Crippen molar-refractivity contribution in [3.63, 3.8) is 0 Å². The van der Waals surface area contributed by atoms with Gasteiger partial charge in [0.2, 0.25) is 5.95 Å². The predicted molar refractivity (Wildman–Crippen MR) is 136 cm³/mol. The summed E-state index contributed by atoms with van der Waals surface area (Å²) < 4.78 is 5.29. The van der Waals surface area contributed by atoms with Crippen LogP contribution in [-0.4, -0.2) is 45.8 Å². The number of nitrogens with one attached hydrogen (secondary N) is 3. The lowest BCUT2D eigenvalue weighted by atomic mass is 9.82. The molecule has 1 aromatic carbocycles. The van der Waals surface area contributed by atoms with Crippen LogP contribution in [0.1, 0.15) is 62.4 Å². The number of alkyl carbamates (subject to hydrolysis) is 1. The normalized spacial score (nSPS) is 17.9. The van der Waals surface area contributed by atoms with E-state index in [0.717, 1.165) is 31.2 Å². The van der Waals surface area contributed by atoms with Crippen LogP contribution in [0.2, 0.25) is 5.02 Å². The Bertz CT molecular complexity index is 1020. The number of ether oxygens (including phenoxy) is 1. The summed E-state index contributed by atoms with van der Waals surface area (Å²) >= 11 is 6.20. The molecule has 0 radical (unpaired) electrons. The Hall–Kier alpha value is -3.07. The minimum atomic E-state index is -1.08. The highest BCUT2D eigenvalue weighted by molar-refractivity contribution is 6.31. The van der Waals surface area contributed by atoms with Crippen LogP contribution in [0.3, 0.4) is 0 Å². The van der Waals surface area contributed by atoms with Gasteiger partial charge >= 0.3 is 12.1 Å². The zero-order valence-corrected chi connectivity index (χ0v) is 21.2. The second-order valence-electron chi connectivity index (χ2n) is 9.86. The number of carbonyl (C=O) groups is 2. The Balaban J connectivity index is 1.49. The first kappa shape index (κ1) is 26.5. The van der Waals surface area contributed by atoms with E-state index in [4.69, 9.17) is 16.3 Å². The van der Waals surface area contributed by atoms with Crippen molar-refractivity contribution < 1.29 is 19.4 Å². The molecule has 0 aliphatic heterocycles. The van der Waals surface area contributed by atoms with Gasteiger partial charge in [-0.25, -0.2) is 14.6 Å². The third kappa shape index (κ3) is 8.58. The average Bonchev–Trinajstić information content (AvgIpc) is 2.80. The number of nitrogens with zero attached hydrogens (tertiary/aromatic N) is 2. The van der Waals surface area contributed by atoms with Gasteiger partial charge in [-0.15, -0.1) is 0 Å². The van der Waals surface area contributed by atoms with E-state index >= 15 is 0 Å². The second kappa shape index (κ2) is 12.1. The summed E-state index contributed by atoms with van der Waals surface area (Å²) in [5.74, 6) is 0.344. The van der Waals surface area contributed by atoms with Crippen LogP contribution in [0, 0.1) is 11.8 Å². The van der Waals surface area contributed by atoms with Crippen molar-refractivity contribution in [2.24, 2.45) is 11.8 Å². The Kier molecular flexibility index (Phi) is 9.14. The minimum absolute atomic E-state index is 0.0311. The Morgan fingerprint density at radius 2 is 1.74 bits per heavy atom. The second-order valence-corrected chi connectivity index (χ2v) is 10.3. The lowest BCUT2D eigenvalue weighted by Gasteiger charge is -2.29. The van der Waals surface area contributed by atoms with Crippen molar-refractivity contribution in [2.75, 3.05) is 23.7 Å². The third-order valence-electron chi connectivity index (χ3n) is 5.87. The molecule has 0 unspecified atom stereocenters. The maximum Gasteiger partial charge on any atom is 0.407 e. The van der Waals surface area contributed by atoms with Gasteiger partial charge in [-0.05, 0) is 69.9 Å². The number of anilines is 2. The zero-order chi connectivity index (χ0) is 25.4. The van der Waals surface area contributed by atoms with Crippen molar-refractivity contribution in [1.29, 1.82) is 0 Å². The number of aromatic nitrogens is 2. The van der Waals surface area contributed by atoms with E-state index in [1.165, 1.54) is 6.20 Å². The summed E-state index contributed by atoms with van der Waals surface area (Å²) in [6.45, 7) is 7.17. The number of carboxylic acid groups (broad SMARTS) is 1. The van der Waals surface area contributed by atoms with Crippen molar-refractivity contribution in [1.82, 2.24) is 15.3 Å². The SMILES string of the molecule is CC(C)(C)OC(=O)NCC1CCC(CNc2nc(NCc3ccccc3Cl)ncc2C(=O)O)CC1. The Labute approximate surface area is 211 Å². The fourth-order valence-electron chi connectivity index (χ4n) is 4.00. The lowest BCUT2D eigenvalue weighted by Crippen LogP contribution is -2.36. The number of amides is 1. The van der Waals surface area contributed by atoms with Crippen LogP contribution in [0.4, 0.5) is 16.6 Å². The minimum Gasteiger partial charge on any atom is -0.477 e. The van der Waals surface area contributed by atoms with Crippen LogP contribution < -0.4 is 16.0 Å². The number of rotatable bonds is 9. The van der Waals surface area contributed by atoms with Crippen LogP contribution in [0.25, 0.3) is 0 Å². The first-order valence-corrected chi connectivity index (χ1v) is 12.3. The quantitative estimate of drug-likeness (QED) is 0.368. The van der Waals surface area contributed by atoms with Gasteiger partial charge in [0.15, 0.2) is 0 Å². The van der Waals surface area contributed by atoms with Gasteiger partial charge in [-0.3, -0.25) is 0 Å². The molecule has 0 saturated heterocycles. The molecule has 0 bridgehead atoms. The fraction of sp³-hybridized carbons (Fsp3) is 0.520. The summed E-state index contributed by atoms with van der Waals surface area (Å²) in [5.41, 5.74) is 0.420. The monoisotopic (exact) mass is 503 g/mol. The molecule has 1 aromatic heterocycles. The summed E-state index contributed by atoms with van der Waals surface area (Å²) in [5, 5.41) is 19.4. The number of benzene rings is 1. The highest BCUT2D eigenvalue weighted by atomic mass is 35.5. The van der Waals surface area contributed by atoms with Crippen LogP contribution >= 0.6 is 11.6 Å². The molecule has 9 nitrogen and oxygen atoms in total. The smallest absolute Gasteiger partial charge is 0.407 e. The highest BCUT2D eigenvalue weighted by Crippen LogP contribution is 2.29. The maximum atomic E-state index is 11.9. The lowest BCUT2D eigenvalue weighted by molar-refractivity contribution is 0.0513. The van der Waals surface area contributed by atoms with E-state index in [0.29, 0.717) is 48.3 Å². The molecule has 1 fully saturated rings. The average molecular weight is 504 g/mol. The molecule has 0 atom stereocenters. The van der Waals surface area contributed by atoms with Crippen molar-refractivity contribution in [2.45, 2.75) is 58.6 Å². The van der Waals surface area contributed by atoms with Crippen molar-refractivity contribution in [3.05, 3.63) is 46.6 Å². The standard InChI is InChI=1S/C25H34ClN5O4/c1-25(2,3)35-24(34)30-13-17-10-8-16(9-11-17)12-27-21-19(22(32)33)15-29-23(31-21)28-14-18-6-4-5-7-20(18)26/h4-7,15-17H,8-14H2,1-3H3,(H,30,34)(H,32,33)(H2,27,28,29,31). The summed E-state index contributed by atoms with van der Waals surface area (Å²) in [7, 11) is 0. The third-order valence-corrected chi connectivity index (χ3v) is 6.24. The van der Waals surface area contributed by atoms with Crippen LogP contribution in [-0.2, 0) is 11.3 Å². The molecule has 3 rings (SSSR count). The molecular formula is C25H34ClN5O4. The first-order chi connectivity index (χ1) is 16.6. The molecule has 35 heavy (non-hydrogen) atoms. The number of aromatic carboxylic acids is 1.